The Labute approximate surface area is 108 Å². The van der Waals surface area contributed by atoms with Gasteiger partial charge in [-0.05, 0) is 35.4 Å². The number of nitrogens with one attached hydrogen (secondary N) is 1. The summed E-state index contributed by atoms with van der Waals surface area (Å²) < 4.78 is 7.90. The smallest absolute Gasteiger partial charge is 0.270 e. The lowest BCUT2D eigenvalue weighted by Gasteiger charge is -2.10. The van der Waals surface area contributed by atoms with Crippen LogP contribution in [0.1, 0.15) is 23.3 Å². The predicted octanol–water partition coefficient (Wildman–Crippen LogP) is 0.933. The van der Waals surface area contributed by atoms with Crippen LogP contribution in [0.15, 0.2) is 6.20 Å². The summed E-state index contributed by atoms with van der Waals surface area (Å²) >= 11 is 2.11. The highest BCUT2D eigenvalue weighted by Gasteiger charge is 2.19. The van der Waals surface area contributed by atoms with Gasteiger partial charge in [0.2, 0.25) is 0 Å². The number of aryl methyl sites for hydroxylation is 1. The van der Waals surface area contributed by atoms with Crippen molar-refractivity contribution in [1.82, 2.24) is 15.1 Å². The van der Waals surface area contributed by atoms with E-state index in [1.165, 1.54) is 0 Å². The van der Waals surface area contributed by atoms with Gasteiger partial charge in [-0.25, -0.2) is 0 Å². The molecule has 1 atom stereocenters. The van der Waals surface area contributed by atoms with E-state index >= 15 is 0 Å². The van der Waals surface area contributed by atoms with Crippen LogP contribution in [0.5, 0.6) is 0 Å². The number of hydrogen-bond acceptors (Lipinski definition) is 3. The van der Waals surface area contributed by atoms with E-state index < -0.39 is 0 Å². The molecule has 1 N–H and O–H groups in total. The minimum Gasteiger partial charge on any atom is -0.376 e. The second-order valence-corrected chi connectivity index (χ2v) is 4.97. The Morgan fingerprint density at radius 3 is 3.19 bits per heavy atom. The number of nitrogens with zero attached hydrogens (tertiary/aromatic N) is 2. The fourth-order valence-corrected chi connectivity index (χ4v) is 2.48. The van der Waals surface area contributed by atoms with Gasteiger partial charge in [0, 0.05) is 20.2 Å². The molecule has 1 saturated heterocycles. The number of amides is 1. The Kier molecular flexibility index (Phi) is 3.80. The molecule has 2 rings (SSSR count). The first kappa shape index (κ1) is 11.8. The molecule has 0 spiro atoms. The molecule has 0 saturated carbocycles. The second kappa shape index (κ2) is 5.13. The van der Waals surface area contributed by atoms with Gasteiger partial charge >= 0.3 is 0 Å². The molecule has 2 heterocycles. The molecule has 1 fully saturated rings. The Bertz CT molecular complexity index is 366. The van der Waals surface area contributed by atoms with E-state index in [1.807, 2.05) is 0 Å². The molecule has 1 aliphatic heterocycles. The standard InChI is InChI=1S/C10H14IN3O2/c1-14-9(8(11)6-13-14)10(15)12-5-7-3-2-4-16-7/h6-7H,2-5H2,1H3,(H,12,15). The van der Waals surface area contributed by atoms with Gasteiger partial charge in [0.1, 0.15) is 5.69 Å². The van der Waals surface area contributed by atoms with Crippen LogP contribution in [0.25, 0.3) is 0 Å². The third-order valence-corrected chi connectivity index (χ3v) is 3.41. The lowest BCUT2D eigenvalue weighted by Crippen LogP contribution is -2.33. The minimum atomic E-state index is -0.0834. The fraction of sp³-hybridized carbons (Fsp3) is 0.600. The summed E-state index contributed by atoms with van der Waals surface area (Å²) in [6.45, 7) is 1.39. The Balaban J connectivity index is 1.92. The fourth-order valence-electron chi connectivity index (χ4n) is 1.76. The maximum Gasteiger partial charge on any atom is 0.270 e. The minimum absolute atomic E-state index is 0.0834. The summed E-state index contributed by atoms with van der Waals surface area (Å²) in [7, 11) is 1.77. The summed E-state index contributed by atoms with van der Waals surface area (Å²) in [4.78, 5) is 11.9. The van der Waals surface area contributed by atoms with Crippen LogP contribution in [0.4, 0.5) is 0 Å². The van der Waals surface area contributed by atoms with Crippen LogP contribution >= 0.6 is 22.6 Å². The summed E-state index contributed by atoms with van der Waals surface area (Å²) in [5.41, 5.74) is 0.610. The van der Waals surface area contributed by atoms with Gasteiger partial charge in [0.15, 0.2) is 0 Å². The number of halogens is 1. The van der Waals surface area contributed by atoms with Gasteiger partial charge in [-0.2, -0.15) is 5.10 Å². The Morgan fingerprint density at radius 1 is 1.81 bits per heavy atom. The van der Waals surface area contributed by atoms with Gasteiger partial charge in [0.25, 0.3) is 5.91 Å². The molecule has 1 amide bonds. The first-order chi connectivity index (χ1) is 7.68. The topological polar surface area (TPSA) is 56.2 Å². The molecular formula is C10H14IN3O2. The van der Waals surface area contributed by atoms with Crippen LogP contribution in [0, 0.1) is 3.57 Å². The number of aromatic nitrogens is 2. The average molecular weight is 335 g/mol. The van der Waals surface area contributed by atoms with E-state index in [9.17, 15) is 4.79 Å². The summed E-state index contributed by atoms with van der Waals surface area (Å²) in [6, 6.07) is 0. The molecule has 88 valence electrons. The first-order valence-electron chi connectivity index (χ1n) is 5.26. The SMILES string of the molecule is Cn1ncc(I)c1C(=O)NCC1CCCO1. The zero-order valence-electron chi connectivity index (χ0n) is 9.07. The molecule has 0 radical (unpaired) electrons. The Hall–Kier alpha value is -0.630. The van der Waals surface area contributed by atoms with Crippen LogP contribution in [-0.2, 0) is 11.8 Å². The zero-order chi connectivity index (χ0) is 11.5. The average Bonchev–Trinajstić information content (AvgIpc) is 2.86. The number of hydrogen-bond donors (Lipinski definition) is 1. The lowest BCUT2D eigenvalue weighted by atomic mass is 10.2. The highest BCUT2D eigenvalue weighted by atomic mass is 127. The van der Waals surface area contributed by atoms with Crippen molar-refractivity contribution < 1.29 is 9.53 Å². The second-order valence-electron chi connectivity index (χ2n) is 3.81. The molecule has 16 heavy (non-hydrogen) atoms. The van der Waals surface area contributed by atoms with Crippen molar-refractivity contribution in [2.45, 2.75) is 18.9 Å². The van der Waals surface area contributed by atoms with Crippen molar-refractivity contribution >= 4 is 28.5 Å². The molecule has 5 nitrogen and oxygen atoms in total. The zero-order valence-corrected chi connectivity index (χ0v) is 11.2. The highest BCUT2D eigenvalue weighted by Crippen LogP contribution is 2.12. The van der Waals surface area contributed by atoms with Crippen molar-refractivity contribution in [2.75, 3.05) is 13.2 Å². The van der Waals surface area contributed by atoms with Gasteiger partial charge < -0.3 is 10.1 Å². The maximum atomic E-state index is 11.9. The van der Waals surface area contributed by atoms with Gasteiger partial charge in [-0.1, -0.05) is 0 Å². The Morgan fingerprint density at radius 2 is 2.62 bits per heavy atom. The molecule has 1 aromatic heterocycles. The van der Waals surface area contributed by atoms with Crippen molar-refractivity contribution in [3.05, 3.63) is 15.5 Å². The van der Waals surface area contributed by atoms with E-state index in [1.54, 1.807) is 17.9 Å². The van der Waals surface area contributed by atoms with Crippen molar-refractivity contribution in [1.29, 1.82) is 0 Å². The predicted molar refractivity (Wildman–Crippen MR) is 67.2 cm³/mol. The summed E-state index contributed by atoms with van der Waals surface area (Å²) in [5.74, 6) is -0.0834. The van der Waals surface area contributed by atoms with Gasteiger partial charge in [-0.3, -0.25) is 9.48 Å². The summed E-state index contributed by atoms with van der Waals surface area (Å²) in [5, 5.41) is 6.91. The highest BCUT2D eigenvalue weighted by molar-refractivity contribution is 14.1. The molecule has 1 unspecified atom stereocenters. The molecule has 6 heteroatoms. The van der Waals surface area contributed by atoms with E-state index in [0.717, 1.165) is 23.0 Å². The molecule has 0 aliphatic carbocycles. The van der Waals surface area contributed by atoms with Gasteiger partial charge in [0.05, 0.1) is 15.9 Å². The molecule has 1 aliphatic rings. The van der Waals surface area contributed by atoms with Gasteiger partial charge in [-0.15, -0.1) is 0 Å². The lowest BCUT2D eigenvalue weighted by molar-refractivity contribution is 0.0849. The molecule has 0 aromatic carbocycles. The van der Waals surface area contributed by atoms with E-state index in [-0.39, 0.29) is 12.0 Å². The number of rotatable bonds is 3. The number of carbonyl (C=O) groups excluding carboxylic acids is 1. The molecule has 1 aromatic rings. The van der Waals surface area contributed by atoms with Crippen LogP contribution in [0.3, 0.4) is 0 Å². The van der Waals surface area contributed by atoms with Crippen LogP contribution < -0.4 is 5.32 Å². The van der Waals surface area contributed by atoms with Crippen molar-refractivity contribution in [3.63, 3.8) is 0 Å². The summed E-state index contributed by atoms with van der Waals surface area (Å²) in [6.07, 6.45) is 3.98. The van der Waals surface area contributed by atoms with Crippen molar-refractivity contribution in [3.8, 4) is 0 Å². The monoisotopic (exact) mass is 335 g/mol. The van der Waals surface area contributed by atoms with E-state index in [4.69, 9.17) is 4.74 Å². The number of ether oxygens (including phenoxy) is 1. The molecule has 0 bridgehead atoms. The quantitative estimate of drug-likeness (QED) is 0.837. The third-order valence-electron chi connectivity index (χ3n) is 2.62. The first-order valence-corrected chi connectivity index (χ1v) is 6.33. The van der Waals surface area contributed by atoms with E-state index in [2.05, 4.69) is 33.0 Å². The maximum absolute atomic E-state index is 11.9. The molecular weight excluding hydrogens is 321 g/mol. The third kappa shape index (κ3) is 2.54. The van der Waals surface area contributed by atoms with E-state index in [0.29, 0.717) is 12.2 Å². The van der Waals surface area contributed by atoms with Crippen molar-refractivity contribution in [2.24, 2.45) is 7.05 Å². The normalized spacial score (nSPS) is 20.0. The van der Waals surface area contributed by atoms with Crippen LogP contribution in [-0.4, -0.2) is 34.9 Å². The van der Waals surface area contributed by atoms with Crippen LogP contribution in [0.2, 0.25) is 0 Å². The number of carbonyl (C=O) groups is 1. The largest absolute Gasteiger partial charge is 0.376 e.